The number of hydrogen-bond donors (Lipinski definition) is 1. The van der Waals surface area contributed by atoms with Crippen LogP contribution in [0.15, 0.2) is 24.3 Å². The highest BCUT2D eigenvalue weighted by Gasteiger charge is 2.27. The third-order valence-corrected chi connectivity index (χ3v) is 6.77. The van der Waals surface area contributed by atoms with Gasteiger partial charge in [0.2, 0.25) is 11.8 Å². The maximum atomic E-state index is 12.8. The van der Waals surface area contributed by atoms with Gasteiger partial charge in [-0.1, -0.05) is 101 Å². The Morgan fingerprint density at radius 2 is 1.41 bits per heavy atom. The Bertz CT molecular complexity index is 1010. The van der Waals surface area contributed by atoms with E-state index in [2.05, 4.69) is 22.6 Å². The molecule has 1 aromatic heterocycles. The molecule has 1 amide bonds. The maximum Gasteiger partial charge on any atom is 0.329 e. The molecule has 0 saturated heterocycles. The molecule has 8 heteroatoms. The van der Waals surface area contributed by atoms with Crippen molar-refractivity contribution in [3.05, 3.63) is 24.3 Å². The predicted octanol–water partition coefficient (Wildman–Crippen LogP) is 7.16. The molecular formula is C31H50N4O4. The molecule has 1 atom stereocenters. The van der Waals surface area contributed by atoms with Crippen LogP contribution in [-0.4, -0.2) is 44.4 Å². The van der Waals surface area contributed by atoms with Crippen LogP contribution in [-0.2, 0) is 14.3 Å². The van der Waals surface area contributed by atoms with Crippen LogP contribution in [0, 0.1) is 0 Å². The monoisotopic (exact) mass is 542 g/mol. The maximum absolute atomic E-state index is 12.8. The van der Waals surface area contributed by atoms with Crippen molar-refractivity contribution in [3.63, 3.8) is 0 Å². The van der Waals surface area contributed by atoms with E-state index in [1.54, 1.807) is 32.9 Å². The summed E-state index contributed by atoms with van der Waals surface area (Å²) in [6.45, 7) is 7.60. The van der Waals surface area contributed by atoms with E-state index in [0.717, 1.165) is 19.3 Å². The number of amides is 1. The van der Waals surface area contributed by atoms with Crippen LogP contribution in [0.1, 0.15) is 135 Å². The van der Waals surface area contributed by atoms with E-state index in [-0.39, 0.29) is 24.7 Å². The average molecular weight is 543 g/mol. The minimum atomic E-state index is -0.891. The first-order valence-electron chi connectivity index (χ1n) is 15.1. The first-order chi connectivity index (χ1) is 18.7. The molecule has 0 unspecified atom stereocenters. The number of carbonyl (C=O) groups excluding carboxylic acids is 3. The largest absolute Gasteiger partial charge is 0.458 e. The smallest absolute Gasteiger partial charge is 0.329 e. The molecule has 2 rings (SSSR count). The van der Waals surface area contributed by atoms with Gasteiger partial charge in [0.05, 0.1) is 5.52 Å². The van der Waals surface area contributed by atoms with E-state index in [4.69, 9.17) is 4.74 Å². The lowest BCUT2D eigenvalue weighted by Crippen LogP contribution is -2.44. The predicted molar refractivity (Wildman–Crippen MR) is 155 cm³/mol. The molecule has 39 heavy (non-hydrogen) atoms. The summed E-state index contributed by atoms with van der Waals surface area (Å²) in [6.07, 6.45) is 16.7. The normalized spacial score (nSPS) is 12.4. The second-order valence-corrected chi connectivity index (χ2v) is 11.6. The van der Waals surface area contributed by atoms with Crippen LogP contribution in [0.2, 0.25) is 0 Å². The number of hydrogen-bond acceptors (Lipinski definition) is 6. The van der Waals surface area contributed by atoms with Gasteiger partial charge in [-0.2, -0.15) is 4.68 Å². The SMILES string of the molecule is CCCCCCCCCCCCCCCC(=O)N[C@@H](CCC(=O)n1nnc2ccccc21)C(=O)OC(C)(C)C. The van der Waals surface area contributed by atoms with Gasteiger partial charge in [-0.25, -0.2) is 4.79 Å². The Balaban J connectivity index is 1.70. The highest BCUT2D eigenvalue weighted by atomic mass is 16.6. The topological polar surface area (TPSA) is 103 Å². The molecule has 0 aliphatic carbocycles. The van der Waals surface area contributed by atoms with E-state index < -0.39 is 17.6 Å². The zero-order valence-corrected chi connectivity index (χ0v) is 24.7. The molecule has 1 heterocycles. The summed E-state index contributed by atoms with van der Waals surface area (Å²) in [5.41, 5.74) is 0.546. The van der Waals surface area contributed by atoms with Gasteiger partial charge in [-0.05, 0) is 45.7 Å². The fourth-order valence-electron chi connectivity index (χ4n) is 4.62. The van der Waals surface area contributed by atoms with E-state index in [1.165, 1.54) is 68.9 Å². The molecule has 8 nitrogen and oxygen atoms in total. The van der Waals surface area contributed by atoms with Crippen molar-refractivity contribution in [2.24, 2.45) is 0 Å². The van der Waals surface area contributed by atoms with Gasteiger partial charge in [-0.3, -0.25) is 9.59 Å². The minimum absolute atomic E-state index is 0.0241. The molecule has 0 spiro atoms. The van der Waals surface area contributed by atoms with E-state index in [0.29, 0.717) is 17.5 Å². The first kappa shape index (κ1) is 32.4. The Morgan fingerprint density at radius 1 is 0.846 bits per heavy atom. The van der Waals surface area contributed by atoms with Crippen molar-refractivity contribution in [3.8, 4) is 0 Å². The van der Waals surface area contributed by atoms with Crippen molar-refractivity contribution in [2.75, 3.05) is 0 Å². The number of unbranched alkanes of at least 4 members (excludes halogenated alkanes) is 12. The minimum Gasteiger partial charge on any atom is -0.458 e. The van der Waals surface area contributed by atoms with Gasteiger partial charge in [0, 0.05) is 12.8 Å². The summed E-state index contributed by atoms with van der Waals surface area (Å²) >= 11 is 0. The third-order valence-electron chi connectivity index (χ3n) is 6.77. The molecule has 0 aliphatic rings. The van der Waals surface area contributed by atoms with Gasteiger partial charge in [0.25, 0.3) is 0 Å². The van der Waals surface area contributed by atoms with E-state index in [1.807, 2.05) is 12.1 Å². The summed E-state index contributed by atoms with van der Waals surface area (Å²) in [4.78, 5) is 38.3. The second-order valence-electron chi connectivity index (χ2n) is 11.6. The van der Waals surface area contributed by atoms with Crippen molar-refractivity contribution in [1.29, 1.82) is 0 Å². The number of carbonyl (C=O) groups is 3. The lowest BCUT2D eigenvalue weighted by Gasteiger charge is -2.24. The molecule has 0 radical (unpaired) electrons. The lowest BCUT2D eigenvalue weighted by atomic mass is 10.0. The second kappa shape index (κ2) is 17.7. The summed E-state index contributed by atoms with van der Waals surface area (Å²) in [5, 5.41) is 10.8. The number of para-hydroxylation sites is 1. The Hall–Kier alpha value is -2.77. The van der Waals surface area contributed by atoms with E-state index >= 15 is 0 Å². The fraction of sp³-hybridized carbons (Fsp3) is 0.710. The van der Waals surface area contributed by atoms with Gasteiger partial charge in [0.15, 0.2) is 0 Å². The Morgan fingerprint density at radius 3 is 2.00 bits per heavy atom. The molecule has 0 fully saturated rings. The lowest BCUT2D eigenvalue weighted by molar-refractivity contribution is -0.158. The summed E-state index contributed by atoms with van der Waals surface area (Å²) < 4.78 is 6.76. The number of rotatable bonds is 19. The number of ether oxygens (including phenoxy) is 1. The Labute approximate surface area is 234 Å². The summed E-state index contributed by atoms with van der Waals surface area (Å²) in [5.74, 6) is -1.01. The molecule has 0 saturated carbocycles. The van der Waals surface area contributed by atoms with Crippen molar-refractivity contribution in [1.82, 2.24) is 20.3 Å². The zero-order chi connectivity index (χ0) is 28.5. The number of nitrogens with zero attached hydrogens (tertiary/aromatic N) is 3. The summed E-state index contributed by atoms with van der Waals surface area (Å²) in [6, 6.07) is 6.31. The fourth-order valence-corrected chi connectivity index (χ4v) is 4.62. The molecule has 2 aromatic rings. The number of esters is 1. The van der Waals surface area contributed by atoms with Crippen molar-refractivity contribution >= 4 is 28.8 Å². The standard InChI is InChI=1S/C31H50N4O4/c1-5-6-7-8-9-10-11-12-13-14-15-16-17-22-28(36)32-26(30(38)39-31(2,3)4)23-24-29(37)35-27-21-19-18-20-25(27)33-34-35/h18-21,26H,5-17,22-24H2,1-4H3,(H,32,36)/t26-/m0/s1. The van der Waals surface area contributed by atoms with Crippen LogP contribution < -0.4 is 5.32 Å². The molecule has 1 N–H and O–H groups in total. The van der Waals surface area contributed by atoms with Crippen LogP contribution in [0.25, 0.3) is 11.0 Å². The van der Waals surface area contributed by atoms with Crippen molar-refractivity contribution in [2.45, 2.75) is 142 Å². The Kier molecular flexibility index (Phi) is 14.8. The van der Waals surface area contributed by atoms with Crippen LogP contribution in [0.4, 0.5) is 0 Å². The number of aromatic nitrogens is 3. The van der Waals surface area contributed by atoms with Gasteiger partial charge in [0.1, 0.15) is 17.2 Å². The molecular weight excluding hydrogens is 492 g/mol. The molecule has 218 valence electrons. The van der Waals surface area contributed by atoms with Gasteiger partial charge >= 0.3 is 5.97 Å². The molecule has 0 bridgehead atoms. The summed E-state index contributed by atoms with van der Waals surface area (Å²) in [7, 11) is 0. The average Bonchev–Trinajstić information content (AvgIpc) is 3.32. The molecule has 1 aromatic carbocycles. The van der Waals surface area contributed by atoms with E-state index in [9.17, 15) is 14.4 Å². The highest BCUT2D eigenvalue weighted by Crippen LogP contribution is 2.15. The first-order valence-corrected chi connectivity index (χ1v) is 15.1. The zero-order valence-electron chi connectivity index (χ0n) is 24.7. The molecule has 0 aliphatic heterocycles. The van der Waals surface area contributed by atoms with Crippen molar-refractivity contribution < 1.29 is 19.1 Å². The quantitative estimate of drug-likeness (QED) is 0.149. The highest BCUT2D eigenvalue weighted by molar-refractivity contribution is 5.89. The van der Waals surface area contributed by atoms with Gasteiger partial charge < -0.3 is 10.1 Å². The van der Waals surface area contributed by atoms with Gasteiger partial charge in [-0.15, -0.1) is 5.10 Å². The van der Waals surface area contributed by atoms with Crippen LogP contribution >= 0.6 is 0 Å². The number of nitrogens with one attached hydrogen (secondary N) is 1. The third kappa shape index (κ3) is 13.2. The number of fused-ring (bicyclic) bond motifs is 1. The van der Waals surface area contributed by atoms with Crippen LogP contribution in [0.5, 0.6) is 0 Å². The number of benzene rings is 1. The van der Waals surface area contributed by atoms with Crippen LogP contribution in [0.3, 0.4) is 0 Å².